The number of nitro groups is 1. The molecular weight excluding hydrogens is 418 g/mol. The predicted molar refractivity (Wildman–Crippen MR) is 118 cm³/mol. The maximum Gasteiger partial charge on any atom is 0.310 e. The number of nitrogens with zero attached hydrogens (tertiary/aromatic N) is 4. The SMILES string of the molecule is Cc1ccc(-c2csc3ncn(CCC(=O)Nc4ccncc4[N+](=O)[O-])c(=O)c23)cc1. The second-order valence-electron chi connectivity index (χ2n) is 6.89. The zero-order valence-electron chi connectivity index (χ0n) is 16.4. The monoisotopic (exact) mass is 435 g/mol. The van der Waals surface area contributed by atoms with Gasteiger partial charge in [0.15, 0.2) is 0 Å². The van der Waals surface area contributed by atoms with Crippen molar-refractivity contribution in [3.8, 4) is 11.1 Å². The first kappa shape index (κ1) is 20.4. The highest BCUT2D eigenvalue weighted by molar-refractivity contribution is 7.17. The number of fused-ring (bicyclic) bond motifs is 1. The molecule has 3 heterocycles. The van der Waals surface area contributed by atoms with E-state index in [1.165, 1.54) is 34.5 Å². The zero-order valence-corrected chi connectivity index (χ0v) is 17.3. The van der Waals surface area contributed by atoms with Crippen LogP contribution in [0.25, 0.3) is 21.3 Å². The van der Waals surface area contributed by atoms with Crippen LogP contribution < -0.4 is 10.9 Å². The Hall–Kier alpha value is -3.92. The maximum atomic E-state index is 13.1. The molecule has 31 heavy (non-hydrogen) atoms. The number of carbonyl (C=O) groups is 1. The van der Waals surface area contributed by atoms with Crippen molar-refractivity contribution in [2.45, 2.75) is 19.9 Å². The summed E-state index contributed by atoms with van der Waals surface area (Å²) in [5.74, 6) is -0.453. The molecule has 0 aliphatic rings. The minimum Gasteiger partial charge on any atom is -0.320 e. The standard InChI is InChI=1S/C21H17N5O4S/c1-13-2-4-14(5-3-13)15-11-31-20-19(15)21(28)25(12-23-20)9-7-18(27)24-16-6-8-22-10-17(16)26(29)30/h2-6,8,10-12H,7,9H2,1H3,(H,22,24,27). The lowest BCUT2D eigenvalue weighted by Gasteiger charge is -2.08. The van der Waals surface area contributed by atoms with E-state index in [-0.39, 0.29) is 29.9 Å². The Morgan fingerprint density at radius 3 is 2.77 bits per heavy atom. The summed E-state index contributed by atoms with van der Waals surface area (Å²) in [4.78, 5) is 44.5. The maximum absolute atomic E-state index is 13.1. The van der Waals surface area contributed by atoms with E-state index in [9.17, 15) is 19.7 Å². The zero-order chi connectivity index (χ0) is 22.0. The number of nitrogens with one attached hydrogen (secondary N) is 1. The van der Waals surface area contributed by atoms with Gasteiger partial charge in [0.25, 0.3) is 5.56 Å². The molecule has 0 radical (unpaired) electrons. The molecule has 9 nitrogen and oxygen atoms in total. The third kappa shape index (κ3) is 4.19. The number of hydrogen-bond acceptors (Lipinski definition) is 7. The van der Waals surface area contributed by atoms with Crippen molar-refractivity contribution in [3.63, 3.8) is 0 Å². The Kier molecular flexibility index (Phi) is 5.54. The van der Waals surface area contributed by atoms with E-state index >= 15 is 0 Å². The number of pyridine rings is 1. The first-order chi connectivity index (χ1) is 14.9. The van der Waals surface area contributed by atoms with Crippen LogP contribution in [0.3, 0.4) is 0 Å². The van der Waals surface area contributed by atoms with E-state index in [0.29, 0.717) is 10.2 Å². The lowest BCUT2D eigenvalue weighted by Crippen LogP contribution is -2.23. The smallest absolute Gasteiger partial charge is 0.310 e. The molecule has 4 rings (SSSR count). The van der Waals surface area contributed by atoms with E-state index in [4.69, 9.17) is 0 Å². The number of amides is 1. The summed E-state index contributed by atoms with van der Waals surface area (Å²) in [5, 5.41) is 16.0. The molecule has 156 valence electrons. The summed E-state index contributed by atoms with van der Waals surface area (Å²) in [6.45, 7) is 2.09. The Morgan fingerprint density at radius 1 is 1.26 bits per heavy atom. The quantitative estimate of drug-likeness (QED) is 0.364. The highest BCUT2D eigenvalue weighted by Crippen LogP contribution is 2.30. The van der Waals surface area contributed by atoms with Gasteiger partial charge in [-0.1, -0.05) is 29.8 Å². The van der Waals surface area contributed by atoms with Crippen molar-refractivity contribution in [1.29, 1.82) is 0 Å². The van der Waals surface area contributed by atoms with Gasteiger partial charge >= 0.3 is 5.69 Å². The lowest BCUT2D eigenvalue weighted by atomic mass is 10.1. The van der Waals surface area contributed by atoms with Gasteiger partial charge in [-0.3, -0.25) is 29.3 Å². The van der Waals surface area contributed by atoms with Crippen LogP contribution in [0.2, 0.25) is 0 Å². The van der Waals surface area contributed by atoms with Gasteiger partial charge in [-0.05, 0) is 18.6 Å². The molecular formula is C21H17N5O4S. The molecule has 0 fully saturated rings. The van der Waals surface area contributed by atoms with Gasteiger partial charge < -0.3 is 5.32 Å². The second-order valence-corrected chi connectivity index (χ2v) is 7.74. The minimum atomic E-state index is -0.617. The summed E-state index contributed by atoms with van der Waals surface area (Å²) in [5.41, 5.74) is 2.39. The van der Waals surface area contributed by atoms with Gasteiger partial charge in [-0.25, -0.2) is 4.98 Å². The lowest BCUT2D eigenvalue weighted by molar-refractivity contribution is -0.384. The second kappa shape index (κ2) is 8.44. The molecule has 3 aromatic heterocycles. The van der Waals surface area contributed by atoms with Gasteiger partial charge in [0.2, 0.25) is 5.91 Å². The summed E-state index contributed by atoms with van der Waals surface area (Å²) in [6.07, 6.45) is 3.80. The molecule has 0 aliphatic carbocycles. The van der Waals surface area contributed by atoms with Crippen LogP contribution in [-0.2, 0) is 11.3 Å². The van der Waals surface area contributed by atoms with Crippen molar-refractivity contribution in [2.24, 2.45) is 0 Å². The summed E-state index contributed by atoms with van der Waals surface area (Å²) < 4.78 is 1.38. The first-order valence-corrected chi connectivity index (χ1v) is 10.2. The van der Waals surface area contributed by atoms with Crippen LogP contribution in [0.1, 0.15) is 12.0 Å². The Morgan fingerprint density at radius 2 is 2.03 bits per heavy atom. The molecule has 0 aliphatic heterocycles. The summed E-state index contributed by atoms with van der Waals surface area (Å²) in [7, 11) is 0. The highest BCUT2D eigenvalue weighted by Gasteiger charge is 2.17. The topological polar surface area (TPSA) is 120 Å². The average Bonchev–Trinajstić information content (AvgIpc) is 3.19. The normalized spacial score (nSPS) is 10.9. The summed E-state index contributed by atoms with van der Waals surface area (Å²) >= 11 is 1.39. The first-order valence-electron chi connectivity index (χ1n) is 9.36. The number of hydrogen-bond donors (Lipinski definition) is 1. The fourth-order valence-corrected chi connectivity index (χ4v) is 4.05. The largest absolute Gasteiger partial charge is 0.320 e. The predicted octanol–water partition coefficient (Wildman–Crippen LogP) is 3.77. The number of carbonyl (C=O) groups excluding carboxylic acids is 1. The van der Waals surface area contributed by atoms with Gasteiger partial charge in [0, 0.05) is 30.1 Å². The molecule has 1 aromatic carbocycles. The molecule has 0 bridgehead atoms. The fourth-order valence-electron chi connectivity index (χ4n) is 3.14. The van der Waals surface area contributed by atoms with Crippen molar-refractivity contribution < 1.29 is 9.72 Å². The van der Waals surface area contributed by atoms with Gasteiger partial charge in [0.1, 0.15) is 16.7 Å². The molecule has 0 unspecified atom stereocenters. The average molecular weight is 435 g/mol. The Bertz CT molecular complexity index is 1340. The number of anilines is 1. The van der Waals surface area contributed by atoms with E-state index in [1.807, 2.05) is 36.6 Å². The highest BCUT2D eigenvalue weighted by atomic mass is 32.1. The van der Waals surface area contributed by atoms with E-state index in [2.05, 4.69) is 15.3 Å². The molecule has 0 atom stereocenters. The van der Waals surface area contributed by atoms with Crippen molar-refractivity contribution >= 4 is 38.8 Å². The molecule has 0 saturated carbocycles. The van der Waals surface area contributed by atoms with Crippen LogP contribution in [0.5, 0.6) is 0 Å². The van der Waals surface area contributed by atoms with Gasteiger partial charge in [-0.15, -0.1) is 11.3 Å². The number of benzene rings is 1. The third-order valence-electron chi connectivity index (χ3n) is 4.77. The molecule has 0 spiro atoms. The van der Waals surface area contributed by atoms with Gasteiger partial charge in [0.05, 0.1) is 16.6 Å². The molecule has 10 heteroatoms. The molecule has 1 N–H and O–H groups in total. The fraction of sp³-hybridized carbons (Fsp3) is 0.143. The number of aryl methyl sites for hydroxylation is 2. The van der Waals surface area contributed by atoms with Crippen LogP contribution in [0.15, 0.2) is 59.2 Å². The number of aromatic nitrogens is 3. The van der Waals surface area contributed by atoms with E-state index in [1.54, 1.807) is 0 Å². The molecule has 1 amide bonds. The number of thiophene rings is 1. The summed E-state index contributed by atoms with van der Waals surface area (Å²) in [6, 6.07) is 9.24. The van der Waals surface area contributed by atoms with E-state index < -0.39 is 10.8 Å². The van der Waals surface area contributed by atoms with Crippen molar-refractivity contribution in [2.75, 3.05) is 5.32 Å². The van der Waals surface area contributed by atoms with Gasteiger partial charge in [-0.2, -0.15) is 0 Å². The molecule has 0 saturated heterocycles. The Balaban J connectivity index is 1.56. The van der Waals surface area contributed by atoms with Crippen molar-refractivity contribution in [3.05, 3.63) is 80.5 Å². The van der Waals surface area contributed by atoms with Crippen LogP contribution in [0, 0.1) is 17.0 Å². The Labute approximate surface area is 180 Å². The number of rotatable bonds is 6. The minimum absolute atomic E-state index is 0.0451. The van der Waals surface area contributed by atoms with Crippen molar-refractivity contribution in [1.82, 2.24) is 14.5 Å². The third-order valence-corrected chi connectivity index (χ3v) is 5.66. The molecule has 4 aromatic rings. The van der Waals surface area contributed by atoms with Crippen LogP contribution >= 0.6 is 11.3 Å². The van der Waals surface area contributed by atoms with E-state index in [0.717, 1.165) is 22.9 Å². The van der Waals surface area contributed by atoms with Crippen LogP contribution in [0.4, 0.5) is 11.4 Å². The van der Waals surface area contributed by atoms with Crippen LogP contribution in [-0.4, -0.2) is 25.4 Å².